The lowest BCUT2D eigenvalue weighted by Gasteiger charge is -2.36. The van der Waals surface area contributed by atoms with Gasteiger partial charge in [0.1, 0.15) is 5.82 Å². The van der Waals surface area contributed by atoms with Gasteiger partial charge in [0, 0.05) is 38.4 Å². The van der Waals surface area contributed by atoms with Crippen LogP contribution in [-0.4, -0.2) is 56.0 Å². The molecule has 2 N–H and O–H groups in total. The second kappa shape index (κ2) is 10.7. The fourth-order valence-corrected chi connectivity index (χ4v) is 3.52. The Balaban J connectivity index is 1.32. The first-order chi connectivity index (χ1) is 14.6. The molecule has 0 radical (unpaired) electrons. The van der Waals surface area contributed by atoms with Crippen molar-refractivity contribution in [1.82, 2.24) is 10.2 Å². The number of anilines is 2. The molecule has 1 fully saturated rings. The minimum atomic E-state index is -0.655. The van der Waals surface area contributed by atoms with Gasteiger partial charge in [-0.25, -0.2) is 4.39 Å². The molecule has 6 nitrogen and oxygen atoms in total. The van der Waals surface area contributed by atoms with Gasteiger partial charge < -0.3 is 15.5 Å². The second-order valence-electron chi connectivity index (χ2n) is 7.39. The van der Waals surface area contributed by atoms with Crippen LogP contribution in [0.4, 0.5) is 15.8 Å². The zero-order valence-corrected chi connectivity index (χ0v) is 17.4. The molecule has 30 heavy (non-hydrogen) atoms. The van der Waals surface area contributed by atoms with Gasteiger partial charge >= 0.3 is 11.8 Å². The highest BCUT2D eigenvalue weighted by Gasteiger charge is 2.19. The van der Waals surface area contributed by atoms with E-state index in [1.165, 1.54) is 11.6 Å². The molecule has 7 heteroatoms. The van der Waals surface area contributed by atoms with E-state index >= 15 is 0 Å². The number of aryl methyl sites for hydroxylation is 1. The molecular weight excluding hydrogens is 383 g/mol. The zero-order chi connectivity index (χ0) is 21.3. The molecule has 1 saturated heterocycles. The fourth-order valence-electron chi connectivity index (χ4n) is 3.52. The lowest BCUT2D eigenvalue weighted by Crippen LogP contribution is -2.47. The Morgan fingerprint density at radius 3 is 2.33 bits per heavy atom. The minimum Gasteiger partial charge on any atom is -0.367 e. The maximum atomic E-state index is 13.9. The molecule has 0 aliphatic carbocycles. The van der Waals surface area contributed by atoms with Crippen molar-refractivity contribution in [2.75, 3.05) is 49.5 Å². The summed E-state index contributed by atoms with van der Waals surface area (Å²) in [6.45, 7) is 6.55. The molecule has 160 valence electrons. The second-order valence-corrected chi connectivity index (χ2v) is 7.39. The van der Waals surface area contributed by atoms with Crippen molar-refractivity contribution in [1.29, 1.82) is 0 Å². The number of rotatable bonds is 7. The van der Waals surface area contributed by atoms with Crippen molar-refractivity contribution in [3.8, 4) is 0 Å². The summed E-state index contributed by atoms with van der Waals surface area (Å²) in [6, 6.07) is 14.3. The first-order valence-electron chi connectivity index (χ1n) is 10.5. The Morgan fingerprint density at radius 1 is 0.967 bits per heavy atom. The van der Waals surface area contributed by atoms with Crippen LogP contribution in [0.15, 0.2) is 48.5 Å². The maximum Gasteiger partial charge on any atom is 0.313 e. The van der Waals surface area contributed by atoms with Gasteiger partial charge in [-0.1, -0.05) is 31.2 Å². The highest BCUT2D eigenvalue weighted by atomic mass is 19.1. The van der Waals surface area contributed by atoms with Crippen LogP contribution < -0.4 is 15.5 Å². The van der Waals surface area contributed by atoms with Crippen LogP contribution in [0.3, 0.4) is 0 Å². The molecule has 2 amide bonds. The zero-order valence-electron chi connectivity index (χ0n) is 17.4. The van der Waals surface area contributed by atoms with Crippen molar-refractivity contribution < 1.29 is 14.0 Å². The van der Waals surface area contributed by atoms with Gasteiger partial charge in [-0.2, -0.15) is 0 Å². The first kappa shape index (κ1) is 21.8. The van der Waals surface area contributed by atoms with E-state index in [0.29, 0.717) is 17.9 Å². The Kier molecular flexibility index (Phi) is 7.79. The molecule has 0 bridgehead atoms. The van der Waals surface area contributed by atoms with E-state index in [2.05, 4.69) is 27.4 Å². The van der Waals surface area contributed by atoms with Gasteiger partial charge in [-0.3, -0.25) is 14.5 Å². The van der Waals surface area contributed by atoms with E-state index in [0.717, 1.165) is 45.6 Å². The molecule has 0 spiro atoms. The predicted octanol–water partition coefficient (Wildman–Crippen LogP) is 2.66. The van der Waals surface area contributed by atoms with Crippen LogP contribution in [0.1, 0.15) is 18.9 Å². The number of piperazine rings is 1. The third-order valence-corrected chi connectivity index (χ3v) is 5.33. The van der Waals surface area contributed by atoms with Crippen LogP contribution >= 0.6 is 0 Å². The number of para-hydroxylation sites is 1. The molecule has 0 saturated carbocycles. The summed E-state index contributed by atoms with van der Waals surface area (Å²) in [5, 5.41) is 5.28. The summed E-state index contributed by atoms with van der Waals surface area (Å²) in [7, 11) is 0. The number of amides is 2. The Morgan fingerprint density at radius 2 is 1.67 bits per heavy atom. The number of carbonyl (C=O) groups is 2. The largest absolute Gasteiger partial charge is 0.367 e. The van der Waals surface area contributed by atoms with Gasteiger partial charge in [0.05, 0.1) is 5.69 Å². The number of benzene rings is 2. The van der Waals surface area contributed by atoms with Crippen LogP contribution in [0.2, 0.25) is 0 Å². The lowest BCUT2D eigenvalue weighted by atomic mass is 10.1. The molecule has 2 aromatic carbocycles. The predicted molar refractivity (Wildman–Crippen MR) is 117 cm³/mol. The molecule has 1 aliphatic heterocycles. The molecule has 0 atom stereocenters. The number of nitrogens with one attached hydrogen (secondary N) is 2. The summed E-state index contributed by atoms with van der Waals surface area (Å²) in [5.74, 6) is -1.47. The number of hydrogen-bond donors (Lipinski definition) is 2. The summed E-state index contributed by atoms with van der Waals surface area (Å²) in [6.07, 6.45) is 1.68. The summed E-state index contributed by atoms with van der Waals surface area (Å²) in [4.78, 5) is 28.3. The Labute approximate surface area is 177 Å². The molecule has 2 aromatic rings. The molecule has 0 aromatic heterocycles. The maximum absolute atomic E-state index is 13.9. The first-order valence-corrected chi connectivity index (χ1v) is 10.5. The van der Waals surface area contributed by atoms with Crippen LogP contribution in [0.5, 0.6) is 0 Å². The molecule has 1 aliphatic rings. The van der Waals surface area contributed by atoms with Gasteiger partial charge in [-0.05, 0) is 49.2 Å². The van der Waals surface area contributed by atoms with Gasteiger partial charge in [-0.15, -0.1) is 0 Å². The normalized spacial score (nSPS) is 14.4. The molecular formula is C23H29FN4O2. The highest BCUT2D eigenvalue weighted by molar-refractivity contribution is 6.39. The van der Waals surface area contributed by atoms with Gasteiger partial charge in [0.2, 0.25) is 0 Å². The van der Waals surface area contributed by atoms with Crippen LogP contribution in [0.25, 0.3) is 0 Å². The topological polar surface area (TPSA) is 64.7 Å². The number of hydrogen-bond acceptors (Lipinski definition) is 4. The standard InChI is InChI=1S/C23H29FN4O2/c1-2-18-8-10-19(11-9-18)26-23(30)22(29)25-12-5-13-27-14-16-28(17-15-27)21-7-4-3-6-20(21)24/h3-4,6-11H,2,5,12-17H2,1H3,(H,25,29)(H,26,30). The van der Waals surface area contributed by atoms with Crippen LogP contribution in [0, 0.1) is 5.82 Å². The third kappa shape index (κ3) is 6.03. The van der Waals surface area contributed by atoms with E-state index in [1.54, 1.807) is 18.2 Å². The number of halogens is 1. The van der Waals surface area contributed by atoms with E-state index in [4.69, 9.17) is 0 Å². The summed E-state index contributed by atoms with van der Waals surface area (Å²) in [5.41, 5.74) is 2.44. The van der Waals surface area contributed by atoms with E-state index in [-0.39, 0.29) is 5.82 Å². The Hall–Kier alpha value is -2.93. The molecule has 0 unspecified atom stereocenters. The lowest BCUT2D eigenvalue weighted by molar-refractivity contribution is -0.136. The van der Waals surface area contributed by atoms with Crippen molar-refractivity contribution in [3.63, 3.8) is 0 Å². The van der Waals surface area contributed by atoms with Gasteiger partial charge in [0.15, 0.2) is 0 Å². The van der Waals surface area contributed by atoms with Crippen molar-refractivity contribution >= 4 is 23.2 Å². The Bertz CT molecular complexity index is 849. The SMILES string of the molecule is CCc1ccc(NC(=O)C(=O)NCCCN2CCN(c3ccccc3F)CC2)cc1. The summed E-state index contributed by atoms with van der Waals surface area (Å²) >= 11 is 0. The highest BCUT2D eigenvalue weighted by Crippen LogP contribution is 2.20. The van der Waals surface area contributed by atoms with Crippen molar-refractivity contribution in [3.05, 3.63) is 59.9 Å². The quantitative estimate of drug-likeness (QED) is 0.542. The van der Waals surface area contributed by atoms with E-state index in [9.17, 15) is 14.0 Å². The van der Waals surface area contributed by atoms with Crippen molar-refractivity contribution in [2.24, 2.45) is 0 Å². The summed E-state index contributed by atoms with van der Waals surface area (Å²) < 4.78 is 13.9. The average molecular weight is 413 g/mol. The van der Waals surface area contributed by atoms with E-state index < -0.39 is 11.8 Å². The minimum absolute atomic E-state index is 0.187. The molecule has 3 rings (SSSR count). The smallest absolute Gasteiger partial charge is 0.313 e. The number of carbonyl (C=O) groups excluding carboxylic acids is 2. The molecule has 1 heterocycles. The van der Waals surface area contributed by atoms with Gasteiger partial charge in [0.25, 0.3) is 0 Å². The average Bonchev–Trinajstić information content (AvgIpc) is 2.78. The third-order valence-electron chi connectivity index (χ3n) is 5.33. The van der Waals surface area contributed by atoms with Crippen LogP contribution in [-0.2, 0) is 16.0 Å². The monoisotopic (exact) mass is 412 g/mol. The van der Waals surface area contributed by atoms with E-state index in [1.807, 2.05) is 24.3 Å². The number of nitrogens with zero attached hydrogens (tertiary/aromatic N) is 2. The van der Waals surface area contributed by atoms with Crippen molar-refractivity contribution in [2.45, 2.75) is 19.8 Å². The fraction of sp³-hybridized carbons (Fsp3) is 0.391.